The van der Waals surface area contributed by atoms with E-state index in [0.29, 0.717) is 24.1 Å². The van der Waals surface area contributed by atoms with Crippen LogP contribution in [0, 0.1) is 11.3 Å². The van der Waals surface area contributed by atoms with Crippen molar-refractivity contribution < 1.29 is 9.53 Å². The zero-order chi connectivity index (χ0) is 26.0. The molecule has 1 saturated carbocycles. The number of amides is 1. The number of aromatic nitrogens is 1. The molecule has 0 bridgehead atoms. The molecule has 1 heterocycles. The molecule has 194 valence electrons. The number of aryl methyl sites for hydroxylation is 1. The summed E-state index contributed by atoms with van der Waals surface area (Å²) in [6.45, 7) is 7.68. The van der Waals surface area contributed by atoms with E-state index < -0.39 is 0 Å². The molecule has 0 aliphatic heterocycles. The number of para-hydroxylation sites is 1. The average molecular weight is 497 g/mol. The summed E-state index contributed by atoms with van der Waals surface area (Å²) < 4.78 is 5.78. The second-order valence-corrected chi connectivity index (χ2v) is 11.7. The van der Waals surface area contributed by atoms with Crippen LogP contribution in [0.15, 0.2) is 66.9 Å². The number of carbonyl (C=O) groups is 1. The molecule has 3 aromatic rings. The number of nitrogens with one attached hydrogen (secondary N) is 1. The van der Waals surface area contributed by atoms with Gasteiger partial charge in [-0.05, 0) is 95.2 Å². The van der Waals surface area contributed by atoms with Crippen molar-refractivity contribution in [1.29, 1.82) is 0 Å². The fourth-order valence-electron chi connectivity index (χ4n) is 7.37. The van der Waals surface area contributed by atoms with Crippen LogP contribution in [0.2, 0.25) is 0 Å². The summed E-state index contributed by atoms with van der Waals surface area (Å²) in [6.07, 6.45) is 8.23. The molecular weight excluding hydrogens is 456 g/mol. The van der Waals surface area contributed by atoms with Crippen LogP contribution in [0.25, 0.3) is 0 Å². The van der Waals surface area contributed by atoms with Gasteiger partial charge in [-0.15, -0.1) is 0 Å². The third kappa shape index (κ3) is 4.79. The molecule has 1 aromatic heterocycles. The molecule has 2 aromatic carbocycles. The quantitative estimate of drug-likeness (QED) is 0.388. The maximum absolute atomic E-state index is 13.1. The molecule has 4 nitrogen and oxygen atoms in total. The van der Waals surface area contributed by atoms with E-state index in [1.165, 1.54) is 28.7 Å². The number of benzene rings is 2. The van der Waals surface area contributed by atoms with Gasteiger partial charge in [0.15, 0.2) is 0 Å². The standard InChI is InChI=1S/C33H40N2O2/c1-23(2)24-13-15-27-25(20-24)14-16-30-32(27,3)17-9-18-33(30,21-26-10-5-6-12-29(26)37-4)22-35-31(36)28-11-7-8-19-34-28/h5-8,10-13,15,19-20,23,30H,9,14,16-18,21-22H2,1-4H3,(H,35,36)/t30-,32-,33-/m1/s1. The topological polar surface area (TPSA) is 51.2 Å². The zero-order valence-electron chi connectivity index (χ0n) is 22.7. The van der Waals surface area contributed by atoms with Gasteiger partial charge in [-0.2, -0.15) is 0 Å². The van der Waals surface area contributed by atoms with E-state index >= 15 is 0 Å². The second kappa shape index (κ2) is 10.3. The Morgan fingerprint density at radius 3 is 2.68 bits per heavy atom. The van der Waals surface area contributed by atoms with Crippen molar-refractivity contribution in [2.24, 2.45) is 11.3 Å². The van der Waals surface area contributed by atoms with E-state index in [-0.39, 0.29) is 16.7 Å². The number of methoxy groups -OCH3 is 1. The Balaban J connectivity index is 1.53. The number of nitrogens with zero attached hydrogens (tertiary/aromatic N) is 1. The van der Waals surface area contributed by atoms with Crippen LogP contribution in [0.5, 0.6) is 5.75 Å². The Bertz CT molecular complexity index is 1250. The minimum absolute atomic E-state index is 0.0690. The SMILES string of the molecule is COc1ccccc1C[C@@]1(CNC(=O)c2ccccn2)CCC[C@]2(C)c3ccc(C(C)C)cc3CC[C@@H]12. The number of hydrogen-bond acceptors (Lipinski definition) is 3. The molecule has 1 N–H and O–H groups in total. The van der Waals surface area contributed by atoms with Gasteiger partial charge in [-0.25, -0.2) is 0 Å². The lowest BCUT2D eigenvalue weighted by Gasteiger charge is -2.57. The first-order chi connectivity index (χ1) is 17.9. The number of fused-ring (bicyclic) bond motifs is 3. The molecular formula is C33H40N2O2. The van der Waals surface area contributed by atoms with E-state index in [9.17, 15) is 4.79 Å². The van der Waals surface area contributed by atoms with Gasteiger partial charge >= 0.3 is 0 Å². The minimum Gasteiger partial charge on any atom is -0.496 e. The first-order valence-corrected chi connectivity index (χ1v) is 13.8. The molecule has 37 heavy (non-hydrogen) atoms. The molecule has 0 unspecified atom stereocenters. The summed E-state index contributed by atoms with van der Waals surface area (Å²) >= 11 is 0. The summed E-state index contributed by atoms with van der Waals surface area (Å²) in [5, 5.41) is 3.32. The van der Waals surface area contributed by atoms with Crippen LogP contribution in [0.4, 0.5) is 0 Å². The Labute approximate surface area is 221 Å². The van der Waals surface area contributed by atoms with Crippen LogP contribution in [-0.4, -0.2) is 24.5 Å². The van der Waals surface area contributed by atoms with Gasteiger partial charge in [-0.1, -0.05) is 69.7 Å². The van der Waals surface area contributed by atoms with Gasteiger partial charge in [0.25, 0.3) is 5.91 Å². The third-order valence-corrected chi connectivity index (χ3v) is 9.23. The number of hydrogen-bond donors (Lipinski definition) is 1. The third-order valence-electron chi connectivity index (χ3n) is 9.23. The van der Waals surface area contributed by atoms with Gasteiger partial charge in [-0.3, -0.25) is 9.78 Å². The molecule has 4 heteroatoms. The van der Waals surface area contributed by atoms with E-state index in [1.54, 1.807) is 19.4 Å². The maximum Gasteiger partial charge on any atom is 0.269 e. The monoisotopic (exact) mass is 496 g/mol. The molecule has 5 rings (SSSR count). The smallest absolute Gasteiger partial charge is 0.269 e. The lowest BCUT2D eigenvalue weighted by molar-refractivity contribution is 0.0108. The van der Waals surface area contributed by atoms with Crippen LogP contribution in [0.3, 0.4) is 0 Å². The van der Waals surface area contributed by atoms with Crippen LogP contribution < -0.4 is 10.1 Å². The summed E-state index contributed by atoms with van der Waals surface area (Å²) in [6, 6.07) is 21.1. The molecule has 2 aliphatic rings. The van der Waals surface area contributed by atoms with Crippen LogP contribution in [-0.2, 0) is 18.3 Å². The van der Waals surface area contributed by atoms with Crippen molar-refractivity contribution in [3.8, 4) is 5.75 Å². The highest BCUT2D eigenvalue weighted by molar-refractivity contribution is 5.92. The fourth-order valence-corrected chi connectivity index (χ4v) is 7.37. The molecule has 0 spiro atoms. The largest absolute Gasteiger partial charge is 0.496 e. The van der Waals surface area contributed by atoms with E-state index in [1.807, 2.05) is 18.2 Å². The molecule has 0 radical (unpaired) electrons. The Morgan fingerprint density at radius 2 is 1.92 bits per heavy atom. The predicted molar refractivity (Wildman–Crippen MR) is 149 cm³/mol. The normalized spacial score (nSPS) is 24.7. The Hall–Kier alpha value is -3.14. The van der Waals surface area contributed by atoms with Crippen LogP contribution >= 0.6 is 0 Å². The first kappa shape index (κ1) is 25.5. The van der Waals surface area contributed by atoms with E-state index in [0.717, 1.165) is 37.9 Å². The van der Waals surface area contributed by atoms with Crippen molar-refractivity contribution in [3.05, 3.63) is 94.8 Å². The summed E-state index contributed by atoms with van der Waals surface area (Å²) in [5.74, 6) is 1.83. The van der Waals surface area contributed by atoms with Crippen molar-refractivity contribution >= 4 is 5.91 Å². The highest BCUT2D eigenvalue weighted by atomic mass is 16.5. The van der Waals surface area contributed by atoms with Crippen molar-refractivity contribution in [2.45, 2.75) is 70.6 Å². The number of ether oxygens (including phenoxy) is 1. The summed E-state index contributed by atoms with van der Waals surface area (Å²) in [7, 11) is 1.75. The van der Waals surface area contributed by atoms with E-state index in [2.05, 4.69) is 67.5 Å². The second-order valence-electron chi connectivity index (χ2n) is 11.7. The summed E-state index contributed by atoms with van der Waals surface area (Å²) in [5.41, 5.74) is 6.19. The fraction of sp³-hybridized carbons (Fsp3) is 0.455. The number of carbonyl (C=O) groups excluding carboxylic acids is 1. The number of pyridine rings is 1. The molecule has 1 amide bonds. The molecule has 0 saturated heterocycles. The van der Waals surface area contributed by atoms with Crippen molar-refractivity contribution in [1.82, 2.24) is 10.3 Å². The first-order valence-electron chi connectivity index (χ1n) is 13.8. The van der Waals surface area contributed by atoms with Gasteiger partial charge < -0.3 is 10.1 Å². The highest BCUT2D eigenvalue weighted by Crippen LogP contribution is 2.58. The number of rotatable bonds is 7. The average Bonchev–Trinajstić information content (AvgIpc) is 2.92. The van der Waals surface area contributed by atoms with Crippen molar-refractivity contribution in [2.75, 3.05) is 13.7 Å². The van der Waals surface area contributed by atoms with Gasteiger partial charge in [0.2, 0.25) is 0 Å². The van der Waals surface area contributed by atoms with Gasteiger partial charge in [0.1, 0.15) is 11.4 Å². The lowest BCUT2D eigenvalue weighted by atomic mass is 9.48. The van der Waals surface area contributed by atoms with Gasteiger partial charge in [0.05, 0.1) is 7.11 Å². The van der Waals surface area contributed by atoms with Gasteiger partial charge in [0, 0.05) is 12.7 Å². The lowest BCUT2D eigenvalue weighted by Crippen LogP contribution is -2.55. The molecule has 1 fully saturated rings. The molecule has 2 aliphatic carbocycles. The van der Waals surface area contributed by atoms with Crippen molar-refractivity contribution in [3.63, 3.8) is 0 Å². The summed E-state index contributed by atoms with van der Waals surface area (Å²) in [4.78, 5) is 17.4. The highest BCUT2D eigenvalue weighted by Gasteiger charge is 2.54. The predicted octanol–water partition coefficient (Wildman–Crippen LogP) is 6.88. The van der Waals surface area contributed by atoms with E-state index in [4.69, 9.17) is 4.74 Å². The minimum atomic E-state index is -0.0925. The Kier molecular flexibility index (Phi) is 7.11. The zero-order valence-corrected chi connectivity index (χ0v) is 22.7. The van der Waals surface area contributed by atoms with Crippen LogP contribution in [0.1, 0.15) is 85.1 Å². The maximum atomic E-state index is 13.1. The Morgan fingerprint density at radius 1 is 1.11 bits per heavy atom. The molecule has 3 atom stereocenters.